The number of hydrogen-bond donors (Lipinski definition) is 1. The molecule has 0 atom stereocenters. The molecule has 0 aliphatic carbocycles. The third kappa shape index (κ3) is 6.10. The number of carbonyl (C=O) groups excluding carboxylic acids is 2. The van der Waals surface area contributed by atoms with Crippen LogP contribution < -0.4 is 5.84 Å². The van der Waals surface area contributed by atoms with Crippen LogP contribution in [0, 0.1) is 17.5 Å². The highest BCUT2D eigenvalue weighted by Gasteiger charge is 2.40. The summed E-state index contributed by atoms with van der Waals surface area (Å²) in [5, 5.41) is 2.81. The van der Waals surface area contributed by atoms with Gasteiger partial charge in [-0.15, -0.1) is 0 Å². The second-order valence-corrected chi connectivity index (χ2v) is 6.78. The van der Waals surface area contributed by atoms with Crippen molar-refractivity contribution in [3.05, 3.63) is 35.1 Å². The minimum atomic E-state index is -4.74. The Morgan fingerprint density at radius 3 is 2.10 bits per heavy atom. The Morgan fingerprint density at radius 1 is 0.933 bits per heavy atom. The number of ketones is 1. The van der Waals surface area contributed by atoms with E-state index in [2.05, 4.69) is 5.10 Å². The molecule has 166 valence electrons. The van der Waals surface area contributed by atoms with Crippen molar-refractivity contribution in [3.8, 4) is 0 Å². The number of hydrazone groups is 1. The summed E-state index contributed by atoms with van der Waals surface area (Å²) < 4.78 is 78.8. The van der Waals surface area contributed by atoms with Gasteiger partial charge in [0.05, 0.1) is 6.42 Å². The van der Waals surface area contributed by atoms with Crippen LogP contribution in [0.2, 0.25) is 0 Å². The van der Waals surface area contributed by atoms with Crippen molar-refractivity contribution in [3.63, 3.8) is 0 Å². The fourth-order valence-electron chi connectivity index (χ4n) is 3.12. The van der Waals surface area contributed by atoms with Crippen LogP contribution in [0.1, 0.15) is 24.8 Å². The van der Waals surface area contributed by atoms with Crippen LogP contribution >= 0.6 is 0 Å². The fraction of sp³-hybridized carbons (Fsp3) is 0.500. The smallest absolute Gasteiger partial charge is 0.349 e. The van der Waals surface area contributed by atoms with Crippen molar-refractivity contribution in [2.75, 3.05) is 26.2 Å². The number of Topliss-reactive ketones (excluding diaryl/α,β-unsaturated/α-hetero) is 1. The number of nitrogens with two attached hydrogens (primary N) is 1. The molecule has 12 heteroatoms. The summed E-state index contributed by atoms with van der Waals surface area (Å²) in [5.41, 5.74) is -0.389. The van der Waals surface area contributed by atoms with Crippen molar-refractivity contribution in [1.82, 2.24) is 9.80 Å². The predicted molar refractivity (Wildman–Crippen MR) is 94.7 cm³/mol. The summed E-state index contributed by atoms with van der Waals surface area (Å²) in [6, 6.07) is 0.857. The zero-order valence-electron chi connectivity index (χ0n) is 15.8. The molecule has 1 aliphatic rings. The van der Waals surface area contributed by atoms with Crippen molar-refractivity contribution >= 4 is 17.5 Å². The minimum absolute atomic E-state index is 0.0614. The first kappa shape index (κ1) is 23.5. The number of rotatable bonds is 4. The lowest BCUT2D eigenvalue weighted by atomic mass is 10.1. The van der Waals surface area contributed by atoms with E-state index in [1.54, 1.807) is 0 Å². The third-order valence-corrected chi connectivity index (χ3v) is 4.60. The number of carbonyl (C=O) groups is 2. The normalized spacial score (nSPS) is 16.3. The van der Waals surface area contributed by atoms with E-state index in [0.717, 1.165) is 4.90 Å². The summed E-state index contributed by atoms with van der Waals surface area (Å²) >= 11 is 0. The van der Waals surface area contributed by atoms with Crippen LogP contribution in [-0.2, 0) is 16.0 Å². The third-order valence-electron chi connectivity index (χ3n) is 4.60. The summed E-state index contributed by atoms with van der Waals surface area (Å²) in [6.45, 7) is 0.0144. The van der Waals surface area contributed by atoms with Gasteiger partial charge in [0.15, 0.2) is 11.6 Å². The molecule has 0 radical (unpaired) electrons. The number of amides is 1. The van der Waals surface area contributed by atoms with Crippen LogP contribution in [-0.4, -0.2) is 59.7 Å². The van der Waals surface area contributed by atoms with Gasteiger partial charge in [0.25, 0.3) is 0 Å². The molecule has 30 heavy (non-hydrogen) atoms. The molecule has 2 rings (SSSR count). The van der Waals surface area contributed by atoms with Gasteiger partial charge in [-0.05, 0) is 24.5 Å². The first-order chi connectivity index (χ1) is 14.0. The standard InChI is InChI=1S/C18H20F6N4O2/c19-13-10-15(21)14(20)8-11(13)7-12(29)9-16(30)27-3-1-2-4-28(6-5-27)17(26-25)18(22,23)24/h8,10H,1-7,9,25H2/b26-17-. The topological polar surface area (TPSA) is 79.0 Å². The summed E-state index contributed by atoms with van der Waals surface area (Å²) in [4.78, 5) is 26.6. The highest BCUT2D eigenvalue weighted by atomic mass is 19.4. The number of nitrogens with zero attached hydrogens (tertiary/aromatic N) is 3. The Balaban J connectivity index is 1.99. The van der Waals surface area contributed by atoms with E-state index in [1.165, 1.54) is 4.90 Å². The van der Waals surface area contributed by atoms with Gasteiger partial charge in [-0.2, -0.15) is 18.3 Å². The van der Waals surface area contributed by atoms with E-state index < -0.39 is 54.0 Å². The number of hydrogen-bond acceptors (Lipinski definition) is 4. The molecule has 1 heterocycles. The summed E-state index contributed by atoms with van der Waals surface area (Å²) in [5.74, 6) is -1.60. The van der Waals surface area contributed by atoms with E-state index >= 15 is 0 Å². The Kier molecular flexibility index (Phi) is 7.68. The van der Waals surface area contributed by atoms with E-state index in [1.807, 2.05) is 0 Å². The van der Waals surface area contributed by atoms with Crippen LogP contribution in [0.25, 0.3) is 0 Å². The number of alkyl halides is 3. The Bertz CT molecular complexity index is 828. The van der Waals surface area contributed by atoms with Crippen molar-refractivity contribution in [2.45, 2.75) is 31.9 Å². The summed E-state index contributed by atoms with van der Waals surface area (Å²) in [6.07, 6.45) is -5.27. The van der Waals surface area contributed by atoms with Crippen molar-refractivity contribution < 1.29 is 35.9 Å². The maximum absolute atomic E-state index is 13.7. The molecule has 1 amide bonds. The molecule has 2 N–H and O–H groups in total. The minimum Gasteiger partial charge on any atom is -0.349 e. The average molecular weight is 438 g/mol. The molecule has 0 unspecified atom stereocenters. The van der Waals surface area contributed by atoms with Gasteiger partial charge >= 0.3 is 6.18 Å². The lowest BCUT2D eigenvalue weighted by Gasteiger charge is -2.33. The maximum atomic E-state index is 13.7. The highest BCUT2D eigenvalue weighted by Crippen LogP contribution is 2.21. The SMILES string of the molecule is N/N=C(\N1CCCCN(C(=O)CC(=O)Cc2cc(F)c(F)cc2F)CC1)C(F)(F)F. The molecular formula is C18H20F6N4O2. The molecule has 1 aromatic carbocycles. The molecular weight excluding hydrogens is 418 g/mol. The van der Waals surface area contributed by atoms with Gasteiger partial charge in [0, 0.05) is 38.7 Å². The number of halogens is 6. The van der Waals surface area contributed by atoms with Crippen LogP contribution in [0.15, 0.2) is 17.2 Å². The van der Waals surface area contributed by atoms with Gasteiger partial charge in [-0.25, -0.2) is 13.2 Å². The highest BCUT2D eigenvalue weighted by molar-refractivity contribution is 5.99. The lowest BCUT2D eigenvalue weighted by molar-refractivity contribution is -0.135. The molecule has 1 aromatic rings. The van der Waals surface area contributed by atoms with E-state index in [9.17, 15) is 35.9 Å². The number of benzene rings is 1. The second kappa shape index (κ2) is 9.81. The quantitative estimate of drug-likeness (QED) is 0.149. The maximum Gasteiger partial charge on any atom is 0.451 e. The van der Waals surface area contributed by atoms with Gasteiger partial charge in [-0.3, -0.25) is 9.59 Å². The number of amidine groups is 1. The Hall–Kier alpha value is -2.79. The predicted octanol–water partition coefficient (Wildman–Crippen LogP) is 2.36. The molecule has 6 nitrogen and oxygen atoms in total. The van der Waals surface area contributed by atoms with Crippen molar-refractivity contribution in [1.29, 1.82) is 0 Å². The molecule has 1 saturated heterocycles. The Labute approximate surface area is 168 Å². The average Bonchev–Trinajstić information content (AvgIpc) is 2.60. The molecule has 0 bridgehead atoms. The van der Waals surface area contributed by atoms with Crippen LogP contribution in [0.5, 0.6) is 0 Å². The zero-order valence-corrected chi connectivity index (χ0v) is 15.8. The van der Waals surface area contributed by atoms with Crippen LogP contribution in [0.3, 0.4) is 0 Å². The van der Waals surface area contributed by atoms with E-state index in [4.69, 9.17) is 5.84 Å². The largest absolute Gasteiger partial charge is 0.451 e. The monoisotopic (exact) mass is 438 g/mol. The first-order valence-corrected chi connectivity index (χ1v) is 9.05. The molecule has 0 saturated carbocycles. The fourth-order valence-corrected chi connectivity index (χ4v) is 3.12. The van der Waals surface area contributed by atoms with Gasteiger partial charge in [0.2, 0.25) is 11.7 Å². The van der Waals surface area contributed by atoms with Gasteiger partial charge < -0.3 is 15.6 Å². The molecule has 0 spiro atoms. The van der Waals surface area contributed by atoms with Crippen molar-refractivity contribution in [2.24, 2.45) is 10.9 Å². The molecule has 1 aliphatic heterocycles. The van der Waals surface area contributed by atoms with E-state index in [0.29, 0.717) is 25.0 Å². The first-order valence-electron chi connectivity index (χ1n) is 9.05. The Morgan fingerprint density at radius 2 is 1.50 bits per heavy atom. The van der Waals surface area contributed by atoms with Gasteiger partial charge in [-0.1, -0.05) is 0 Å². The van der Waals surface area contributed by atoms with E-state index in [-0.39, 0.29) is 31.7 Å². The second-order valence-electron chi connectivity index (χ2n) is 6.78. The summed E-state index contributed by atoms with van der Waals surface area (Å²) in [7, 11) is 0. The lowest BCUT2D eigenvalue weighted by Crippen LogP contribution is -2.48. The van der Waals surface area contributed by atoms with Crippen LogP contribution in [0.4, 0.5) is 26.3 Å². The molecule has 0 aromatic heterocycles. The zero-order chi connectivity index (χ0) is 22.5. The van der Waals surface area contributed by atoms with Gasteiger partial charge in [0.1, 0.15) is 11.6 Å². The molecule has 1 fully saturated rings.